The van der Waals surface area contributed by atoms with E-state index in [0.29, 0.717) is 11.4 Å². The summed E-state index contributed by atoms with van der Waals surface area (Å²) in [7, 11) is 0. The fourth-order valence-corrected chi connectivity index (χ4v) is 2.71. The van der Waals surface area contributed by atoms with Crippen molar-refractivity contribution in [1.82, 2.24) is 15.0 Å². The third-order valence-corrected chi connectivity index (χ3v) is 4.55. The first kappa shape index (κ1) is 19.1. The molecule has 4 N–H and O–H groups in total. The number of carbonyl (C=O) groups is 2. The first-order chi connectivity index (χ1) is 13.4. The number of hydrogen-bond acceptors (Lipinski definition) is 5. The monoisotopic (exact) mass is 378 g/mol. The van der Waals surface area contributed by atoms with Gasteiger partial charge in [-0.2, -0.15) is 0 Å². The van der Waals surface area contributed by atoms with E-state index in [9.17, 15) is 9.59 Å². The van der Waals surface area contributed by atoms with Crippen LogP contribution < -0.4 is 16.4 Å². The van der Waals surface area contributed by atoms with Crippen LogP contribution in [0, 0.1) is 20.8 Å². The number of hydrogen-bond donors (Lipinski definition) is 3. The van der Waals surface area contributed by atoms with Gasteiger partial charge in [0.25, 0.3) is 5.91 Å². The van der Waals surface area contributed by atoms with E-state index in [1.165, 1.54) is 4.68 Å². The van der Waals surface area contributed by atoms with Gasteiger partial charge in [0, 0.05) is 11.4 Å². The summed E-state index contributed by atoms with van der Waals surface area (Å²) in [4.78, 5) is 24.8. The Bertz CT molecular complexity index is 1040. The highest BCUT2D eigenvalue weighted by Gasteiger charge is 2.20. The first-order valence-electron chi connectivity index (χ1n) is 8.79. The standard InChI is InChI=1S/C20H22N6O2/c1-12-8-6-10-16(14(12)3)23-20(28)18-19(21)26(25-24-18)11-17(27)22-15-9-5-4-7-13(15)2/h4-10H,11,21H2,1-3H3,(H,22,27)(H,23,28). The normalized spacial score (nSPS) is 10.5. The van der Waals surface area contributed by atoms with Crippen LogP contribution in [0.1, 0.15) is 27.2 Å². The van der Waals surface area contributed by atoms with Gasteiger partial charge in [0.05, 0.1) is 0 Å². The van der Waals surface area contributed by atoms with Crippen LogP contribution >= 0.6 is 0 Å². The Morgan fingerprint density at radius 2 is 1.64 bits per heavy atom. The molecule has 8 nitrogen and oxygen atoms in total. The molecule has 0 saturated carbocycles. The number of aryl methyl sites for hydroxylation is 2. The molecule has 0 aliphatic rings. The SMILES string of the molecule is Cc1ccccc1NC(=O)Cn1nnc(C(=O)Nc2cccc(C)c2C)c1N. The maximum Gasteiger partial charge on any atom is 0.280 e. The second-order valence-corrected chi connectivity index (χ2v) is 6.55. The molecule has 1 aromatic heterocycles. The molecule has 0 radical (unpaired) electrons. The summed E-state index contributed by atoms with van der Waals surface area (Å²) in [6.07, 6.45) is 0. The van der Waals surface area contributed by atoms with Crippen LogP contribution in [0.15, 0.2) is 42.5 Å². The van der Waals surface area contributed by atoms with Crippen LogP contribution in [-0.2, 0) is 11.3 Å². The van der Waals surface area contributed by atoms with Crippen LogP contribution in [0.4, 0.5) is 17.2 Å². The topological polar surface area (TPSA) is 115 Å². The first-order valence-corrected chi connectivity index (χ1v) is 8.79. The van der Waals surface area contributed by atoms with Crippen LogP contribution in [0.5, 0.6) is 0 Å². The fraction of sp³-hybridized carbons (Fsp3) is 0.200. The van der Waals surface area contributed by atoms with Gasteiger partial charge in [0.15, 0.2) is 11.5 Å². The summed E-state index contributed by atoms with van der Waals surface area (Å²) in [6, 6.07) is 13.0. The molecular formula is C20H22N6O2. The number of amides is 2. The number of anilines is 3. The molecular weight excluding hydrogens is 356 g/mol. The Kier molecular flexibility index (Phi) is 5.39. The van der Waals surface area contributed by atoms with Gasteiger partial charge in [-0.05, 0) is 49.6 Å². The summed E-state index contributed by atoms with van der Waals surface area (Å²) in [5, 5.41) is 13.3. The summed E-state index contributed by atoms with van der Waals surface area (Å²) in [6.45, 7) is 5.63. The number of nitrogens with two attached hydrogens (primary N) is 1. The Balaban J connectivity index is 1.71. The van der Waals surface area contributed by atoms with Crippen LogP contribution in [0.3, 0.4) is 0 Å². The number of carbonyl (C=O) groups excluding carboxylic acids is 2. The number of nitrogens with zero attached hydrogens (tertiary/aromatic N) is 3. The van der Waals surface area contributed by atoms with Gasteiger partial charge in [0.1, 0.15) is 6.54 Å². The Labute approximate surface area is 162 Å². The number of aromatic nitrogens is 3. The van der Waals surface area contributed by atoms with Crippen LogP contribution in [-0.4, -0.2) is 26.8 Å². The lowest BCUT2D eigenvalue weighted by Crippen LogP contribution is -2.22. The molecule has 144 valence electrons. The lowest BCUT2D eigenvalue weighted by atomic mass is 10.1. The minimum Gasteiger partial charge on any atom is -0.382 e. The van der Waals surface area contributed by atoms with E-state index in [1.54, 1.807) is 12.1 Å². The zero-order valence-corrected chi connectivity index (χ0v) is 16.0. The lowest BCUT2D eigenvalue weighted by Gasteiger charge is -2.10. The van der Waals surface area contributed by atoms with Crippen molar-refractivity contribution in [3.8, 4) is 0 Å². The molecule has 0 saturated heterocycles. The van der Waals surface area contributed by atoms with Crippen molar-refractivity contribution in [3.05, 3.63) is 64.8 Å². The van der Waals surface area contributed by atoms with Crippen molar-refractivity contribution < 1.29 is 9.59 Å². The predicted molar refractivity (Wildman–Crippen MR) is 108 cm³/mol. The minimum atomic E-state index is -0.475. The zero-order valence-electron chi connectivity index (χ0n) is 16.0. The quantitative estimate of drug-likeness (QED) is 0.631. The third-order valence-electron chi connectivity index (χ3n) is 4.55. The smallest absolute Gasteiger partial charge is 0.280 e. The largest absolute Gasteiger partial charge is 0.382 e. The number of nitrogens with one attached hydrogen (secondary N) is 2. The molecule has 0 atom stereocenters. The maximum absolute atomic E-state index is 12.5. The molecule has 0 spiro atoms. The highest BCUT2D eigenvalue weighted by molar-refractivity contribution is 6.06. The van der Waals surface area contributed by atoms with Gasteiger partial charge >= 0.3 is 0 Å². The highest BCUT2D eigenvalue weighted by Crippen LogP contribution is 2.20. The molecule has 0 aliphatic heterocycles. The van der Waals surface area contributed by atoms with Crippen LogP contribution in [0.25, 0.3) is 0 Å². The molecule has 0 fully saturated rings. The van der Waals surface area contributed by atoms with Crippen LogP contribution in [0.2, 0.25) is 0 Å². The molecule has 0 aliphatic carbocycles. The summed E-state index contributed by atoms with van der Waals surface area (Å²) >= 11 is 0. The summed E-state index contributed by atoms with van der Waals surface area (Å²) in [5.74, 6) is -0.758. The minimum absolute atomic E-state index is 0.0235. The highest BCUT2D eigenvalue weighted by atomic mass is 16.2. The van der Waals surface area contributed by atoms with E-state index in [1.807, 2.05) is 51.1 Å². The second kappa shape index (κ2) is 7.91. The Morgan fingerprint density at radius 1 is 0.964 bits per heavy atom. The summed E-state index contributed by atoms with van der Waals surface area (Å²) in [5.41, 5.74) is 10.3. The maximum atomic E-state index is 12.5. The van der Waals surface area contributed by atoms with E-state index in [4.69, 9.17) is 5.73 Å². The molecule has 0 unspecified atom stereocenters. The number of para-hydroxylation sites is 1. The van der Waals surface area contributed by atoms with Crippen molar-refractivity contribution in [1.29, 1.82) is 0 Å². The molecule has 8 heteroatoms. The second-order valence-electron chi connectivity index (χ2n) is 6.55. The molecule has 2 aromatic carbocycles. The van der Waals surface area contributed by atoms with Crippen molar-refractivity contribution in [2.24, 2.45) is 0 Å². The van der Waals surface area contributed by atoms with Gasteiger partial charge in [-0.3, -0.25) is 9.59 Å². The predicted octanol–water partition coefficient (Wildman–Crippen LogP) is 2.68. The number of nitrogen functional groups attached to an aromatic ring is 1. The average Bonchev–Trinajstić information content (AvgIpc) is 3.01. The van der Waals surface area contributed by atoms with E-state index < -0.39 is 5.91 Å². The van der Waals surface area contributed by atoms with Gasteiger partial charge in [-0.25, -0.2) is 4.68 Å². The van der Waals surface area contributed by atoms with E-state index in [2.05, 4.69) is 20.9 Å². The van der Waals surface area contributed by atoms with E-state index in [-0.39, 0.29) is 24.0 Å². The van der Waals surface area contributed by atoms with E-state index in [0.717, 1.165) is 16.7 Å². The molecule has 28 heavy (non-hydrogen) atoms. The average molecular weight is 378 g/mol. The third kappa shape index (κ3) is 4.01. The van der Waals surface area contributed by atoms with Crippen molar-refractivity contribution in [2.45, 2.75) is 27.3 Å². The molecule has 1 heterocycles. The lowest BCUT2D eigenvalue weighted by molar-refractivity contribution is -0.116. The van der Waals surface area contributed by atoms with Crippen molar-refractivity contribution in [2.75, 3.05) is 16.4 Å². The van der Waals surface area contributed by atoms with Gasteiger partial charge in [0.2, 0.25) is 5.91 Å². The molecule has 3 aromatic rings. The summed E-state index contributed by atoms with van der Waals surface area (Å²) < 4.78 is 1.20. The van der Waals surface area contributed by atoms with E-state index >= 15 is 0 Å². The van der Waals surface area contributed by atoms with Gasteiger partial charge in [-0.1, -0.05) is 35.5 Å². The van der Waals surface area contributed by atoms with Gasteiger partial charge in [-0.15, -0.1) is 5.10 Å². The Morgan fingerprint density at radius 3 is 2.39 bits per heavy atom. The number of rotatable bonds is 5. The zero-order chi connectivity index (χ0) is 20.3. The number of benzene rings is 2. The Hall–Kier alpha value is -3.68. The fourth-order valence-electron chi connectivity index (χ4n) is 2.71. The molecule has 3 rings (SSSR count). The molecule has 2 amide bonds. The van der Waals surface area contributed by atoms with Crippen molar-refractivity contribution >= 4 is 29.0 Å². The van der Waals surface area contributed by atoms with Gasteiger partial charge < -0.3 is 16.4 Å². The molecule has 0 bridgehead atoms. The van der Waals surface area contributed by atoms with Crippen molar-refractivity contribution in [3.63, 3.8) is 0 Å².